The number of amides is 1. The monoisotopic (exact) mass is 364 g/mol. The maximum atomic E-state index is 12.1. The van der Waals surface area contributed by atoms with E-state index in [1.165, 1.54) is 12.2 Å². The minimum absolute atomic E-state index is 0.238. The number of carbonyl (C=O) groups excluding carboxylic acids is 1. The third-order valence-electron chi connectivity index (χ3n) is 4.11. The summed E-state index contributed by atoms with van der Waals surface area (Å²) in [6, 6.07) is 14.7. The number of ether oxygens (including phenoxy) is 2. The first-order valence-electron chi connectivity index (χ1n) is 8.39. The SMILES string of the molecule is COc1ccc(CNC(=O)/C=C/c2cc3ccccc3[nH]c2=O)cc1OC. The molecule has 0 atom stereocenters. The molecular formula is C21H20N2O4. The lowest BCUT2D eigenvalue weighted by Gasteiger charge is -2.09. The Kier molecular flexibility index (Phi) is 5.56. The van der Waals surface area contributed by atoms with Gasteiger partial charge in [0.1, 0.15) is 0 Å². The third kappa shape index (κ3) is 4.36. The highest BCUT2D eigenvalue weighted by molar-refractivity contribution is 5.92. The molecule has 2 N–H and O–H groups in total. The predicted octanol–water partition coefficient (Wildman–Crippen LogP) is 2.87. The summed E-state index contributed by atoms with van der Waals surface area (Å²) in [5.41, 5.74) is 1.82. The first-order chi connectivity index (χ1) is 13.1. The number of hydrogen-bond acceptors (Lipinski definition) is 4. The first kappa shape index (κ1) is 18.3. The molecule has 1 amide bonds. The van der Waals surface area contributed by atoms with Gasteiger partial charge >= 0.3 is 0 Å². The molecule has 0 saturated heterocycles. The van der Waals surface area contributed by atoms with Crippen molar-refractivity contribution in [2.45, 2.75) is 6.54 Å². The molecule has 0 spiro atoms. The van der Waals surface area contributed by atoms with Gasteiger partial charge in [0.05, 0.1) is 14.2 Å². The van der Waals surface area contributed by atoms with Gasteiger partial charge in [-0.15, -0.1) is 0 Å². The van der Waals surface area contributed by atoms with Crippen molar-refractivity contribution >= 4 is 22.9 Å². The number of fused-ring (bicyclic) bond motifs is 1. The summed E-state index contributed by atoms with van der Waals surface area (Å²) in [6.45, 7) is 0.331. The minimum Gasteiger partial charge on any atom is -0.493 e. The summed E-state index contributed by atoms with van der Waals surface area (Å²) in [6.07, 6.45) is 2.86. The Morgan fingerprint density at radius 1 is 1.07 bits per heavy atom. The number of rotatable bonds is 6. The zero-order chi connectivity index (χ0) is 19.2. The maximum absolute atomic E-state index is 12.1. The Bertz CT molecular complexity index is 1050. The lowest BCUT2D eigenvalue weighted by atomic mass is 10.1. The molecule has 6 heteroatoms. The molecule has 1 aromatic heterocycles. The van der Waals surface area contributed by atoms with E-state index in [9.17, 15) is 9.59 Å². The van der Waals surface area contributed by atoms with Crippen LogP contribution < -0.4 is 20.3 Å². The fraction of sp³-hybridized carbons (Fsp3) is 0.143. The highest BCUT2D eigenvalue weighted by atomic mass is 16.5. The van der Waals surface area contributed by atoms with E-state index in [-0.39, 0.29) is 11.5 Å². The van der Waals surface area contributed by atoms with Crippen LogP contribution in [0.1, 0.15) is 11.1 Å². The van der Waals surface area contributed by atoms with Crippen molar-refractivity contribution < 1.29 is 14.3 Å². The average Bonchev–Trinajstić information content (AvgIpc) is 2.70. The quantitative estimate of drug-likeness (QED) is 0.659. The molecule has 0 saturated carbocycles. The number of nitrogens with one attached hydrogen (secondary N) is 2. The van der Waals surface area contributed by atoms with Crippen LogP contribution in [-0.2, 0) is 11.3 Å². The molecule has 2 aromatic carbocycles. The normalized spacial score (nSPS) is 10.9. The van der Waals surface area contributed by atoms with Crippen molar-refractivity contribution in [3.05, 3.63) is 76.1 Å². The van der Waals surface area contributed by atoms with E-state index in [0.717, 1.165) is 16.5 Å². The number of aromatic amines is 1. The number of benzene rings is 2. The second kappa shape index (κ2) is 8.23. The van der Waals surface area contributed by atoms with Gasteiger partial charge in [-0.25, -0.2) is 0 Å². The summed E-state index contributed by atoms with van der Waals surface area (Å²) >= 11 is 0. The van der Waals surface area contributed by atoms with Crippen molar-refractivity contribution in [3.8, 4) is 11.5 Å². The van der Waals surface area contributed by atoms with Gasteiger partial charge in [0.2, 0.25) is 5.91 Å². The van der Waals surface area contributed by atoms with Crippen LogP contribution in [0.5, 0.6) is 11.5 Å². The van der Waals surface area contributed by atoms with Crippen LogP contribution in [0.25, 0.3) is 17.0 Å². The number of hydrogen-bond donors (Lipinski definition) is 2. The third-order valence-corrected chi connectivity index (χ3v) is 4.11. The fourth-order valence-corrected chi connectivity index (χ4v) is 2.69. The second-order valence-electron chi connectivity index (χ2n) is 5.88. The smallest absolute Gasteiger partial charge is 0.255 e. The largest absolute Gasteiger partial charge is 0.493 e. The van der Waals surface area contributed by atoms with Gasteiger partial charge in [0, 0.05) is 23.7 Å². The summed E-state index contributed by atoms with van der Waals surface area (Å²) in [5.74, 6) is 0.933. The standard InChI is InChI=1S/C21H20N2O4/c1-26-18-9-7-14(11-19(18)27-2)13-22-20(24)10-8-16-12-15-5-3-4-6-17(15)23-21(16)25/h3-12H,13H2,1-2H3,(H,22,24)(H,23,25)/b10-8+. The summed E-state index contributed by atoms with van der Waals surface area (Å²) < 4.78 is 10.4. The molecule has 0 aliphatic heterocycles. The Labute approximate surface area is 156 Å². The number of carbonyl (C=O) groups is 1. The Morgan fingerprint density at radius 3 is 2.63 bits per heavy atom. The Morgan fingerprint density at radius 2 is 1.85 bits per heavy atom. The molecule has 6 nitrogen and oxygen atoms in total. The minimum atomic E-state index is -0.294. The van der Waals surface area contributed by atoms with Gasteiger partial charge in [-0.1, -0.05) is 24.3 Å². The molecule has 138 valence electrons. The van der Waals surface area contributed by atoms with E-state index in [1.54, 1.807) is 32.4 Å². The number of H-pyrrole nitrogens is 1. The molecule has 0 fully saturated rings. The van der Waals surface area contributed by atoms with Crippen LogP contribution in [0.3, 0.4) is 0 Å². The molecule has 27 heavy (non-hydrogen) atoms. The number of methoxy groups -OCH3 is 2. The van der Waals surface area contributed by atoms with Crippen molar-refractivity contribution in [2.24, 2.45) is 0 Å². The van der Waals surface area contributed by atoms with Crippen LogP contribution in [0.2, 0.25) is 0 Å². The van der Waals surface area contributed by atoms with Crippen LogP contribution in [0.4, 0.5) is 0 Å². The molecule has 0 aliphatic carbocycles. The van der Waals surface area contributed by atoms with E-state index in [4.69, 9.17) is 9.47 Å². The highest BCUT2D eigenvalue weighted by Crippen LogP contribution is 2.27. The van der Waals surface area contributed by atoms with Gasteiger partial charge in [-0.3, -0.25) is 9.59 Å². The molecule has 0 radical (unpaired) electrons. The number of para-hydroxylation sites is 1. The van der Waals surface area contributed by atoms with E-state index < -0.39 is 0 Å². The van der Waals surface area contributed by atoms with Crippen LogP contribution in [0.15, 0.2) is 59.4 Å². The molecule has 0 aliphatic rings. The van der Waals surface area contributed by atoms with Gasteiger partial charge in [0.15, 0.2) is 11.5 Å². The van der Waals surface area contributed by atoms with E-state index in [1.807, 2.05) is 30.3 Å². The molecule has 1 heterocycles. The topological polar surface area (TPSA) is 80.4 Å². The Balaban J connectivity index is 1.67. The average molecular weight is 364 g/mol. The zero-order valence-corrected chi connectivity index (χ0v) is 15.1. The Hall–Kier alpha value is -3.54. The lowest BCUT2D eigenvalue weighted by Crippen LogP contribution is -2.20. The van der Waals surface area contributed by atoms with Crippen LogP contribution in [0, 0.1) is 0 Å². The zero-order valence-electron chi connectivity index (χ0n) is 15.1. The highest BCUT2D eigenvalue weighted by Gasteiger charge is 2.05. The predicted molar refractivity (Wildman–Crippen MR) is 105 cm³/mol. The van der Waals surface area contributed by atoms with E-state index in [0.29, 0.717) is 23.6 Å². The molecule has 0 unspecified atom stereocenters. The number of aromatic nitrogens is 1. The first-order valence-corrected chi connectivity index (χ1v) is 8.39. The lowest BCUT2D eigenvalue weighted by molar-refractivity contribution is -0.116. The van der Waals surface area contributed by atoms with Gasteiger partial charge in [-0.2, -0.15) is 0 Å². The summed E-state index contributed by atoms with van der Waals surface area (Å²) in [7, 11) is 3.13. The number of pyridine rings is 1. The van der Waals surface area contributed by atoms with Gasteiger partial charge in [-0.05, 0) is 41.3 Å². The molecule has 3 aromatic rings. The van der Waals surface area contributed by atoms with E-state index >= 15 is 0 Å². The van der Waals surface area contributed by atoms with Crippen molar-refractivity contribution in [2.75, 3.05) is 14.2 Å². The van der Waals surface area contributed by atoms with Crippen molar-refractivity contribution in [1.29, 1.82) is 0 Å². The maximum Gasteiger partial charge on any atom is 0.255 e. The fourth-order valence-electron chi connectivity index (χ4n) is 2.69. The summed E-state index contributed by atoms with van der Waals surface area (Å²) in [4.78, 5) is 27.0. The summed E-state index contributed by atoms with van der Waals surface area (Å²) in [5, 5.41) is 3.69. The molecule has 3 rings (SSSR count). The van der Waals surface area contributed by atoms with Gasteiger partial charge in [0.25, 0.3) is 5.56 Å². The molecular weight excluding hydrogens is 344 g/mol. The van der Waals surface area contributed by atoms with E-state index in [2.05, 4.69) is 10.3 Å². The van der Waals surface area contributed by atoms with Crippen LogP contribution >= 0.6 is 0 Å². The van der Waals surface area contributed by atoms with Crippen molar-refractivity contribution in [3.63, 3.8) is 0 Å². The molecule has 0 bridgehead atoms. The second-order valence-corrected chi connectivity index (χ2v) is 5.88. The van der Waals surface area contributed by atoms with Crippen LogP contribution in [-0.4, -0.2) is 25.1 Å². The van der Waals surface area contributed by atoms with Crippen molar-refractivity contribution in [1.82, 2.24) is 10.3 Å². The van der Waals surface area contributed by atoms with Gasteiger partial charge < -0.3 is 19.8 Å².